The Morgan fingerprint density at radius 1 is 1.09 bits per heavy atom. The van der Waals surface area contributed by atoms with Crippen molar-refractivity contribution in [2.45, 2.75) is 18.9 Å². The molecule has 0 spiro atoms. The number of carbonyl (C=O) groups excluding carboxylic acids is 1. The minimum absolute atomic E-state index is 0.0437. The maximum Gasteiger partial charge on any atom is 0.224 e. The number of hydrogen-bond donors (Lipinski definition) is 1. The number of halogens is 2. The minimum Gasteiger partial charge on any atom is -0.492 e. The third-order valence-corrected chi connectivity index (χ3v) is 6.17. The van der Waals surface area contributed by atoms with Crippen molar-refractivity contribution in [2.24, 2.45) is 5.92 Å². The molecule has 3 aromatic rings. The standard InChI is InChI=1S/C26H27ClFN3O2/c27-21-6-4-19(5-7-21)25(24-3-1-2-14-29-24)30-26(32)20-12-15-31(16-13-20)17-18-33-23-10-8-22(28)9-11-23/h1-11,14,20,25H,12-13,15-18H2,(H,30,32). The second-order valence-corrected chi connectivity index (χ2v) is 8.60. The third kappa shape index (κ3) is 6.53. The number of carbonyl (C=O) groups is 1. The molecule has 1 atom stereocenters. The largest absolute Gasteiger partial charge is 0.492 e. The lowest BCUT2D eigenvalue weighted by Crippen LogP contribution is -2.42. The van der Waals surface area contributed by atoms with Gasteiger partial charge in [0.25, 0.3) is 0 Å². The first-order valence-corrected chi connectivity index (χ1v) is 11.5. The number of piperidine rings is 1. The van der Waals surface area contributed by atoms with Crippen LogP contribution in [0.1, 0.15) is 30.1 Å². The first-order valence-electron chi connectivity index (χ1n) is 11.2. The summed E-state index contributed by atoms with van der Waals surface area (Å²) in [6.45, 7) is 2.97. The van der Waals surface area contributed by atoms with Gasteiger partial charge in [0.15, 0.2) is 0 Å². The van der Waals surface area contributed by atoms with E-state index >= 15 is 0 Å². The average Bonchev–Trinajstić information content (AvgIpc) is 2.85. The predicted molar refractivity (Wildman–Crippen MR) is 127 cm³/mol. The summed E-state index contributed by atoms with van der Waals surface area (Å²) in [6.07, 6.45) is 3.31. The summed E-state index contributed by atoms with van der Waals surface area (Å²) in [4.78, 5) is 19.9. The summed E-state index contributed by atoms with van der Waals surface area (Å²) in [5, 5.41) is 3.86. The van der Waals surface area contributed by atoms with Crippen LogP contribution in [0.4, 0.5) is 4.39 Å². The molecule has 2 aromatic carbocycles. The van der Waals surface area contributed by atoms with Gasteiger partial charge < -0.3 is 10.1 Å². The van der Waals surface area contributed by atoms with E-state index in [4.69, 9.17) is 16.3 Å². The highest BCUT2D eigenvalue weighted by Crippen LogP contribution is 2.25. The number of amides is 1. The van der Waals surface area contributed by atoms with E-state index in [9.17, 15) is 9.18 Å². The highest BCUT2D eigenvalue weighted by molar-refractivity contribution is 6.30. The molecule has 1 amide bonds. The van der Waals surface area contributed by atoms with Crippen LogP contribution in [-0.4, -0.2) is 42.0 Å². The van der Waals surface area contributed by atoms with Crippen LogP contribution in [-0.2, 0) is 4.79 Å². The van der Waals surface area contributed by atoms with Crippen molar-refractivity contribution in [3.05, 3.63) is 95.0 Å². The van der Waals surface area contributed by atoms with Gasteiger partial charge in [-0.15, -0.1) is 0 Å². The van der Waals surface area contributed by atoms with Crippen LogP contribution in [0.5, 0.6) is 5.75 Å². The summed E-state index contributed by atoms with van der Waals surface area (Å²) in [5.74, 6) is 0.387. The van der Waals surface area contributed by atoms with Crippen LogP contribution in [0.3, 0.4) is 0 Å². The SMILES string of the molecule is O=C(NC(c1ccc(Cl)cc1)c1ccccn1)C1CCN(CCOc2ccc(F)cc2)CC1. The number of benzene rings is 2. The zero-order chi connectivity index (χ0) is 23.0. The number of ether oxygens (including phenoxy) is 1. The molecule has 0 radical (unpaired) electrons. The molecule has 5 nitrogen and oxygen atoms in total. The molecular weight excluding hydrogens is 441 g/mol. The van der Waals surface area contributed by atoms with Crippen molar-refractivity contribution in [1.82, 2.24) is 15.2 Å². The molecule has 1 aliphatic heterocycles. The van der Waals surface area contributed by atoms with Crippen molar-refractivity contribution in [3.8, 4) is 5.75 Å². The summed E-state index contributed by atoms with van der Waals surface area (Å²) < 4.78 is 18.7. The Balaban J connectivity index is 1.29. The Morgan fingerprint density at radius 2 is 1.82 bits per heavy atom. The second-order valence-electron chi connectivity index (χ2n) is 8.17. The lowest BCUT2D eigenvalue weighted by atomic mass is 9.94. The van der Waals surface area contributed by atoms with Crippen LogP contribution in [0.2, 0.25) is 5.02 Å². The molecule has 1 fully saturated rings. The molecule has 1 unspecified atom stereocenters. The molecule has 0 bridgehead atoms. The lowest BCUT2D eigenvalue weighted by Gasteiger charge is -2.32. The highest BCUT2D eigenvalue weighted by Gasteiger charge is 2.27. The Bertz CT molecular complexity index is 1020. The van der Waals surface area contributed by atoms with E-state index in [1.54, 1.807) is 18.3 Å². The summed E-state index contributed by atoms with van der Waals surface area (Å²) in [7, 11) is 0. The molecule has 33 heavy (non-hydrogen) atoms. The molecule has 172 valence electrons. The second kappa shape index (κ2) is 11.3. The van der Waals surface area contributed by atoms with E-state index < -0.39 is 0 Å². The molecule has 4 rings (SSSR count). The number of aromatic nitrogens is 1. The van der Waals surface area contributed by atoms with Gasteiger partial charge in [0.05, 0.1) is 11.7 Å². The van der Waals surface area contributed by atoms with Gasteiger partial charge in [-0.05, 0) is 80.0 Å². The zero-order valence-electron chi connectivity index (χ0n) is 18.3. The summed E-state index contributed by atoms with van der Waals surface area (Å²) >= 11 is 6.05. The first-order chi connectivity index (χ1) is 16.1. The van der Waals surface area contributed by atoms with Gasteiger partial charge in [0.2, 0.25) is 5.91 Å². The maximum absolute atomic E-state index is 13.1. The number of nitrogens with zero attached hydrogens (tertiary/aromatic N) is 2. The monoisotopic (exact) mass is 467 g/mol. The number of rotatable bonds is 8. The van der Waals surface area contributed by atoms with Gasteiger partial charge in [0.1, 0.15) is 18.2 Å². The predicted octanol–water partition coefficient (Wildman–Crippen LogP) is 4.87. The first kappa shape index (κ1) is 23.2. The fourth-order valence-corrected chi connectivity index (χ4v) is 4.16. The Kier molecular flexibility index (Phi) is 7.92. The van der Waals surface area contributed by atoms with E-state index in [2.05, 4.69) is 15.2 Å². The molecule has 2 heterocycles. The molecule has 1 aromatic heterocycles. The van der Waals surface area contributed by atoms with Crippen LogP contribution in [0.15, 0.2) is 72.9 Å². The van der Waals surface area contributed by atoms with E-state index in [1.165, 1.54) is 12.1 Å². The Labute approximate surface area is 198 Å². The molecule has 1 saturated heterocycles. The minimum atomic E-state index is -0.321. The van der Waals surface area contributed by atoms with Crippen molar-refractivity contribution in [2.75, 3.05) is 26.2 Å². The fourth-order valence-electron chi connectivity index (χ4n) is 4.03. The van der Waals surface area contributed by atoms with Crippen molar-refractivity contribution >= 4 is 17.5 Å². The van der Waals surface area contributed by atoms with Gasteiger partial charge in [-0.2, -0.15) is 0 Å². The third-order valence-electron chi connectivity index (χ3n) is 5.92. The molecule has 7 heteroatoms. The average molecular weight is 468 g/mol. The van der Waals surface area contributed by atoms with Crippen molar-refractivity contribution < 1.29 is 13.9 Å². The Morgan fingerprint density at radius 3 is 2.48 bits per heavy atom. The van der Waals surface area contributed by atoms with Gasteiger partial charge in [-0.1, -0.05) is 29.8 Å². The van der Waals surface area contributed by atoms with Crippen LogP contribution < -0.4 is 10.1 Å². The molecule has 1 N–H and O–H groups in total. The van der Waals surface area contributed by atoms with Gasteiger partial charge >= 0.3 is 0 Å². The molecule has 0 aliphatic carbocycles. The number of likely N-dealkylation sites (tertiary alicyclic amines) is 1. The van der Waals surface area contributed by atoms with Crippen LogP contribution >= 0.6 is 11.6 Å². The number of hydrogen-bond acceptors (Lipinski definition) is 4. The van der Waals surface area contributed by atoms with Crippen molar-refractivity contribution in [3.63, 3.8) is 0 Å². The zero-order valence-corrected chi connectivity index (χ0v) is 19.0. The number of pyridine rings is 1. The van der Waals surface area contributed by atoms with Crippen LogP contribution in [0.25, 0.3) is 0 Å². The quantitative estimate of drug-likeness (QED) is 0.513. The van der Waals surface area contributed by atoms with Crippen LogP contribution in [0, 0.1) is 11.7 Å². The van der Waals surface area contributed by atoms with E-state index in [0.717, 1.165) is 43.7 Å². The van der Waals surface area contributed by atoms with E-state index in [-0.39, 0.29) is 23.7 Å². The van der Waals surface area contributed by atoms with Gasteiger partial charge in [0, 0.05) is 23.7 Å². The molecule has 1 aliphatic rings. The highest BCUT2D eigenvalue weighted by atomic mass is 35.5. The maximum atomic E-state index is 13.1. The Hall–Kier alpha value is -2.96. The van der Waals surface area contributed by atoms with Gasteiger partial charge in [-0.3, -0.25) is 14.7 Å². The topological polar surface area (TPSA) is 54.5 Å². The smallest absolute Gasteiger partial charge is 0.224 e. The van der Waals surface area contributed by atoms with E-state index in [0.29, 0.717) is 17.4 Å². The molecular formula is C26H27ClFN3O2. The number of nitrogens with one attached hydrogen (secondary N) is 1. The van der Waals surface area contributed by atoms with Gasteiger partial charge in [-0.25, -0.2) is 4.39 Å². The lowest BCUT2D eigenvalue weighted by molar-refractivity contribution is -0.127. The summed E-state index contributed by atoms with van der Waals surface area (Å²) in [5.41, 5.74) is 1.74. The normalized spacial score (nSPS) is 15.7. The van der Waals surface area contributed by atoms with E-state index in [1.807, 2.05) is 42.5 Å². The van der Waals surface area contributed by atoms with Crippen molar-refractivity contribution in [1.29, 1.82) is 0 Å². The summed E-state index contributed by atoms with van der Waals surface area (Å²) in [6, 6.07) is 18.9. The molecule has 0 saturated carbocycles. The fraction of sp³-hybridized carbons (Fsp3) is 0.308.